The molecule has 1 aliphatic heterocycles. The highest BCUT2D eigenvalue weighted by Crippen LogP contribution is 2.29. The number of aromatic nitrogens is 4. The van der Waals surface area contributed by atoms with Gasteiger partial charge in [-0.15, -0.1) is 0 Å². The number of β-amino-alcohol motifs (C(OH)–C–C–N with tert-alkyl or cyclic N) is 1. The summed E-state index contributed by atoms with van der Waals surface area (Å²) < 4.78 is 14.1. The van der Waals surface area contributed by atoms with Gasteiger partial charge in [-0.05, 0) is 30.9 Å². The first-order chi connectivity index (χ1) is 12.6. The van der Waals surface area contributed by atoms with Crippen LogP contribution in [0.5, 0.6) is 0 Å². The molecule has 6 nitrogen and oxygen atoms in total. The number of halogens is 1. The predicted octanol–water partition coefficient (Wildman–Crippen LogP) is 3.06. The first-order valence-corrected chi connectivity index (χ1v) is 8.97. The fourth-order valence-electron chi connectivity index (χ4n) is 3.54. The predicted molar refractivity (Wildman–Crippen MR) is 98.4 cm³/mol. The maximum Gasteiger partial charge on any atom is 0.228 e. The zero-order valence-corrected chi connectivity index (χ0v) is 14.9. The van der Waals surface area contributed by atoms with Crippen molar-refractivity contribution in [1.82, 2.24) is 19.9 Å². The molecule has 2 N–H and O–H groups in total. The van der Waals surface area contributed by atoms with Gasteiger partial charge in [0.1, 0.15) is 17.0 Å². The standard InChI is InChI=1S/C19H22FN5O/c1-3-12-6-7-25(9-15(12)26)19-23-16(17-18(24-19)22-10-21-17)13-5-4-11(2)14(20)8-13/h4-5,8,10,12,15,26H,3,6-7,9H2,1-2H3,(H,21,22,23,24)/t12-,15-/m0/s1. The Labute approximate surface area is 151 Å². The second-order valence-electron chi connectivity index (χ2n) is 6.91. The Morgan fingerprint density at radius 2 is 2.19 bits per heavy atom. The molecule has 1 aliphatic rings. The van der Waals surface area contributed by atoms with Gasteiger partial charge in [0.25, 0.3) is 0 Å². The monoisotopic (exact) mass is 355 g/mol. The molecule has 1 aromatic carbocycles. The van der Waals surface area contributed by atoms with Crippen molar-refractivity contribution in [2.45, 2.75) is 32.8 Å². The van der Waals surface area contributed by atoms with Crippen LogP contribution in [0.4, 0.5) is 10.3 Å². The van der Waals surface area contributed by atoms with Crippen molar-refractivity contribution in [2.24, 2.45) is 5.92 Å². The van der Waals surface area contributed by atoms with Gasteiger partial charge in [0.05, 0.1) is 12.4 Å². The zero-order chi connectivity index (χ0) is 18.3. The highest BCUT2D eigenvalue weighted by atomic mass is 19.1. The third-order valence-corrected chi connectivity index (χ3v) is 5.24. The van der Waals surface area contributed by atoms with Crippen molar-refractivity contribution < 1.29 is 9.50 Å². The molecule has 3 aromatic rings. The lowest BCUT2D eigenvalue weighted by molar-refractivity contribution is 0.0903. The molecule has 1 saturated heterocycles. The average Bonchev–Trinajstić information content (AvgIpc) is 3.12. The van der Waals surface area contributed by atoms with Crippen molar-refractivity contribution in [3.63, 3.8) is 0 Å². The Hall–Kier alpha value is -2.54. The van der Waals surface area contributed by atoms with Gasteiger partial charge in [0.15, 0.2) is 5.65 Å². The molecule has 0 aliphatic carbocycles. The molecule has 2 aromatic heterocycles. The van der Waals surface area contributed by atoms with Crippen LogP contribution in [0.2, 0.25) is 0 Å². The largest absolute Gasteiger partial charge is 0.391 e. The second kappa shape index (κ2) is 6.64. The van der Waals surface area contributed by atoms with Gasteiger partial charge in [0, 0.05) is 18.7 Å². The van der Waals surface area contributed by atoms with Crippen LogP contribution in [-0.2, 0) is 0 Å². The number of nitrogens with zero attached hydrogens (tertiary/aromatic N) is 4. The lowest BCUT2D eigenvalue weighted by Crippen LogP contribution is -2.44. The first-order valence-electron chi connectivity index (χ1n) is 8.97. The number of hydrogen-bond donors (Lipinski definition) is 2. The summed E-state index contributed by atoms with van der Waals surface area (Å²) in [6.45, 7) is 5.12. The fourth-order valence-corrected chi connectivity index (χ4v) is 3.54. The maximum atomic E-state index is 14.1. The number of rotatable bonds is 3. The lowest BCUT2D eigenvalue weighted by atomic mass is 9.92. The quantitative estimate of drug-likeness (QED) is 0.755. The molecule has 26 heavy (non-hydrogen) atoms. The Morgan fingerprint density at radius 1 is 1.35 bits per heavy atom. The number of hydrogen-bond acceptors (Lipinski definition) is 5. The molecule has 3 heterocycles. The van der Waals surface area contributed by atoms with Crippen LogP contribution >= 0.6 is 0 Å². The van der Waals surface area contributed by atoms with E-state index in [0.29, 0.717) is 46.4 Å². The Morgan fingerprint density at radius 3 is 2.92 bits per heavy atom. The van der Waals surface area contributed by atoms with Gasteiger partial charge in [-0.25, -0.2) is 14.4 Å². The number of H-pyrrole nitrogens is 1. The van der Waals surface area contributed by atoms with E-state index in [1.54, 1.807) is 19.3 Å². The summed E-state index contributed by atoms with van der Waals surface area (Å²) in [6.07, 6.45) is 3.03. The summed E-state index contributed by atoms with van der Waals surface area (Å²) in [4.78, 5) is 18.6. The molecule has 0 bridgehead atoms. The summed E-state index contributed by atoms with van der Waals surface area (Å²) in [6, 6.07) is 5.06. The number of nitrogens with one attached hydrogen (secondary N) is 1. The molecular formula is C19H22FN5O. The second-order valence-corrected chi connectivity index (χ2v) is 6.91. The van der Waals surface area contributed by atoms with E-state index in [0.717, 1.165) is 19.4 Å². The van der Waals surface area contributed by atoms with E-state index in [1.165, 1.54) is 6.07 Å². The molecule has 0 spiro atoms. The summed E-state index contributed by atoms with van der Waals surface area (Å²) in [5, 5.41) is 10.4. The summed E-state index contributed by atoms with van der Waals surface area (Å²) >= 11 is 0. The Balaban J connectivity index is 1.77. The third kappa shape index (κ3) is 2.92. The fraction of sp³-hybridized carbons (Fsp3) is 0.421. The number of anilines is 1. The van der Waals surface area contributed by atoms with Gasteiger partial charge >= 0.3 is 0 Å². The highest BCUT2D eigenvalue weighted by molar-refractivity contribution is 5.88. The third-order valence-electron chi connectivity index (χ3n) is 5.24. The van der Waals surface area contributed by atoms with Crippen molar-refractivity contribution >= 4 is 17.1 Å². The number of benzene rings is 1. The summed E-state index contributed by atoms with van der Waals surface area (Å²) in [5.41, 5.74) is 3.07. The van der Waals surface area contributed by atoms with Gasteiger partial charge in [0.2, 0.25) is 5.95 Å². The molecule has 0 radical (unpaired) electrons. The van der Waals surface area contributed by atoms with Crippen molar-refractivity contribution in [3.05, 3.63) is 35.9 Å². The highest BCUT2D eigenvalue weighted by Gasteiger charge is 2.28. The molecule has 4 rings (SSSR count). The van der Waals surface area contributed by atoms with Crippen LogP contribution in [0.25, 0.3) is 22.4 Å². The summed E-state index contributed by atoms with van der Waals surface area (Å²) in [7, 11) is 0. The minimum Gasteiger partial charge on any atom is -0.391 e. The molecule has 0 unspecified atom stereocenters. The number of imidazole rings is 1. The minimum atomic E-state index is -0.393. The number of aromatic amines is 1. The van der Waals surface area contributed by atoms with E-state index in [1.807, 2.05) is 11.0 Å². The Bertz CT molecular complexity index is 941. The van der Waals surface area contributed by atoms with Crippen LogP contribution in [0.15, 0.2) is 24.5 Å². The first kappa shape index (κ1) is 16.9. The summed E-state index contributed by atoms with van der Waals surface area (Å²) in [5.74, 6) is 0.574. The van der Waals surface area contributed by atoms with E-state index in [2.05, 4.69) is 26.9 Å². The van der Waals surface area contributed by atoms with Crippen LogP contribution in [-0.4, -0.2) is 44.2 Å². The zero-order valence-electron chi connectivity index (χ0n) is 14.9. The van der Waals surface area contributed by atoms with Crippen LogP contribution in [0.3, 0.4) is 0 Å². The van der Waals surface area contributed by atoms with Gasteiger partial charge in [-0.3, -0.25) is 0 Å². The molecule has 1 fully saturated rings. The number of aryl methyl sites for hydroxylation is 1. The van der Waals surface area contributed by atoms with E-state index in [-0.39, 0.29) is 5.82 Å². The number of aliphatic hydroxyl groups excluding tert-OH is 1. The smallest absolute Gasteiger partial charge is 0.228 e. The van der Waals surface area contributed by atoms with Crippen molar-refractivity contribution in [1.29, 1.82) is 0 Å². The molecule has 0 saturated carbocycles. The Kier molecular flexibility index (Phi) is 4.32. The topological polar surface area (TPSA) is 77.9 Å². The molecule has 136 valence electrons. The van der Waals surface area contributed by atoms with E-state index >= 15 is 0 Å². The van der Waals surface area contributed by atoms with Crippen molar-refractivity contribution in [2.75, 3.05) is 18.0 Å². The average molecular weight is 355 g/mol. The minimum absolute atomic E-state index is 0.273. The molecule has 0 amide bonds. The van der Waals surface area contributed by atoms with Crippen LogP contribution in [0.1, 0.15) is 25.3 Å². The van der Waals surface area contributed by atoms with Gasteiger partial charge < -0.3 is 15.0 Å². The molecule has 7 heteroatoms. The van der Waals surface area contributed by atoms with Crippen LogP contribution < -0.4 is 4.90 Å². The van der Waals surface area contributed by atoms with Crippen molar-refractivity contribution in [3.8, 4) is 11.3 Å². The molecular weight excluding hydrogens is 333 g/mol. The number of fused-ring (bicyclic) bond motifs is 1. The van der Waals surface area contributed by atoms with E-state index < -0.39 is 6.10 Å². The van der Waals surface area contributed by atoms with Crippen LogP contribution in [0, 0.1) is 18.7 Å². The van der Waals surface area contributed by atoms with Gasteiger partial charge in [-0.2, -0.15) is 4.98 Å². The maximum absolute atomic E-state index is 14.1. The van der Waals surface area contributed by atoms with Gasteiger partial charge in [-0.1, -0.05) is 25.5 Å². The van der Waals surface area contributed by atoms with E-state index in [4.69, 9.17) is 0 Å². The number of piperidine rings is 1. The lowest BCUT2D eigenvalue weighted by Gasteiger charge is -2.35. The SMILES string of the molecule is CC[C@H]1CCN(c2nc(-c3ccc(C)c(F)c3)c3nc[nH]c3n2)C[C@@H]1O. The normalized spacial score (nSPS) is 20.7. The van der Waals surface area contributed by atoms with E-state index in [9.17, 15) is 9.50 Å². The molecule has 2 atom stereocenters. The number of aliphatic hydroxyl groups is 1.